The van der Waals surface area contributed by atoms with Gasteiger partial charge in [-0.15, -0.1) is 0 Å². The molecule has 1 aliphatic heterocycles. The number of aromatic nitrogens is 2. The fourth-order valence-corrected chi connectivity index (χ4v) is 2.00. The van der Waals surface area contributed by atoms with Crippen LogP contribution in [0.15, 0.2) is 0 Å². The number of hydrogen-bond acceptors (Lipinski definition) is 4. The Bertz CT molecular complexity index is 444. The van der Waals surface area contributed by atoms with Gasteiger partial charge in [0.2, 0.25) is 0 Å². The van der Waals surface area contributed by atoms with Gasteiger partial charge in [0.25, 0.3) is 0 Å². The van der Waals surface area contributed by atoms with Crippen molar-refractivity contribution in [3.63, 3.8) is 0 Å². The van der Waals surface area contributed by atoms with Crippen LogP contribution in [-0.4, -0.2) is 34.1 Å². The molecular formula is C12H17N3O2. The van der Waals surface area contributed by atoms with Crippen LogP contribution in [0.1, 0.15) is 47.3 Å². The number of nitrogens with zero attached hydrogens (tertiary/aromatic N) is 2. The lowest BCUT2D eigenvalue weighted by Gasteiger charge is -2.12. The van der Waals surface area contributed by atoms with Crippen LogP contribution in [0.4, 0.5) is 0 Å². The Hall–Kier alpha value is -1.49. The molecule has 0 aromatic carbocycles. The van der Waals surface area contributed by atoms with E-state index < -0.39 is 5.97 Å². The van der Waals surface area contributed by atoms with Gasteiger partial charge < -0.3 is 10.4 Å². The molecule has 0 saturated heterocycles. The lowest BCUT2D eigenvalue weighted by molar-refractivity contribution is 0.0688. The van der Waals surface area contributed by atoms with Crippen molar-refractivity contribution in [3.05, 3.63) is 22.8 Å². The average molecular weight is 235 g/mol. The van der Waals surface area contributed by atoms with Gasteiger partial charge in [0, 0.05) is 30.1 Å². The number of nitrogens with one attached hydrogen (secondary N) is 1. The topological polar surface area (TPSA) is 75.1 Å². The maximum atomic E-state index is 11.2. The number of rotatable bonds is 2. The molecule has 0 atom stereocenters. The molecule has 0 aliphatic carbocycles. The summed E-state index contributed by atoms with van der Waals surface area (Å²) in [6, 6.07) is 0. The van der Waals surface area contributed by atoms with Gasteiger partial charge in [-0.25, -0.2) is 14.8 Å². The summed E-state index contributed by atoms with van der Waals surface area (Å²) in [7, 11) is 0. The van der Waals surface area contributed by atoms with Crippen LogP contribution in [0.3, 0.4) is 0 Å². The first-order valence-corrected chi connectivity index (χ1v) is 5.93. The zero-order valence-electron chi connectivity index (χ0n) is 10.2. The highest BCUT2D eigenvalue weighted by atomic mass is 16.4. The number of carboxylic acids is 1. The summed E-state index contributed by atoms with van der Waals surface area (Å²) in [5.74, 6) is -0.176. The third-order valence-corrected chi connectivity index (χ3v) is 2.92. The van der Waals surface area contributed by atoms with E-state index in [0.717, 1.165) is 30.8 Å². The fourth-order valence-electron chi connectivity index (χ4n) is 2.00. The van der Waals surface area contributed by atoms with Crippen molar-refractivity contribution in [3.8, 4) is 0 Å². The Morgan fingerprint density at radius 1 is 1.29 bits per heavy atom. The van der Waals surface area contributed by atoms with E-state index in [1.54, 1.807) is 0 Å². The summed E-state index contributed by atoms with van der Waals surface area (Å²) in [5.41, 5.74) is 1.88. The molecule has 0 saturated carbocycles. The minimum absolute atomic E-state index is 0.148. The van der Waals surface area contributed by atoms with Gasteiger partial charge in [0.1, 0.15) is 5.82 Å². The van der Waals surface area contributed by atoms with Gasteiger partial charge in [-0.1, -0.05) is 13.8 Å². The van der Waals surface area contributed by atoms with Crippen LogP contribution in [-0.2, 0) is 12.8 Å². The molecule has 5 heteroatoms. The monoisotopic (exact) mass is 235 g/mol. The van der Waals surface area contributed by atoms with Crippen molar-refractivity contribution < 1.29 is 9.90 Å². The molecule has 0 amide bonds. The van der Waals surface area contributed by atoms with Crippen molar-refractivity contribution >= 4 is 5.97 Å². The summed E-state index contributed by atoms with van der Waals surface area (Å²) < 4.78 is 0. The Labute approximate surface area is 100 Å². The zero-order chi connectivity index (χ0) is 12.4. The van der Waals surface area contributed by atoms with E-state index in [1.165, 1.54) is 0 Å². The number of carboxylic acid groups (broad SMARTS) is 1. The van der Waals surface area contributed by atoms with Crippen LogP contribution in [0.5, 0.6) is 0 Å². The number of hydrogen-bond donors (Lipinski definition) is 2. The van der Waals surface area contributed by atoms with Gasteiger partial charge in [-0.05, 0) is 13.0 Å². The smallest absolute Gasteiger partial charge is 0.354 e. The van der Waals surface area contributed by atoms with E-state index in [1.807, 2.05) is 13.8 Å². The molecule has 17 heavy (non-hydrogen) atoms. The molecule has 2 rings (SSSR count). The van der Waals surface area contributed by atoms with Gasteiger partial charge in [0.05, 0.1) is 0 Å². The first-order chi connectivity index (χ1) is 8.09. The first-order valence-electron chi connectivity index (χ1n) is 5.93. The Morgan fingerprint density at radius 3 is 2.65 bits per heavy atom. The second-order valence-corrected chi connectivity index (χ2v) is 4.57. The summed E-state index contributed by atoms with van der Waals surface area (Å²) >= 11 is 0. The van der Waals surface area contributed by atoms with E-state index in [2.05, 4.69) is 15.3 Å². The highest BCUT2D eigenvalue weighted by molar-refractivity contribution is 5.87. The molecule has 0 fully saturated rings. The van der Waals surface area contributed by atoms with E-state index >= 15 is 0 Å². The fraction of sp³-hybridized carbons (Fsp3) is 0.583. The molecule has 1 aliphatic rings. The van der Waals surface area contributed by atoms with E-state index in [0.29, 0.717) is 12.2 Å². The van der Waals surface area contributed by atoms with Gasteiger partial charge in [-0.2, -0.15) is 0 Å². The van der Waals surface area contributed by atoms with Crippen molar-refractivity contribution in [2.24, 2.45) is 0 Å². The second-order valence-electron chi connectivity index (χ2n) is 4.57. The molecule has 0 unspecified atom stereocenters. The largest absolute Gasteiger partial charge is 0.477 e. The van der Waals surface area contributed by atoms with Crippen molar-refractivity contribution in [2.45, 2.75) is 32.6 Å². The molecular weight excluding hydrogens is 218 g/mol. The quantitative estimate of drug-likeness (QED) is 0.799. The molecule has 0 bridgehead atoms. The normalized spacial score (nSPS) is 15.5. The highest BCUT2D eigenvalue weighted by Crippen LogP contribution is 2.18. The lowest BCUT2D eigenvalue weighted by Crippen LogP contribution is -2.16. The minimum atomic E-state index is -0.951. The van der Waals surface area contributed by atoms with Crippen molar-refractivity contribution in [2.75, 3.05) is 13.1 Å². The van der Waals surface area contributed by atoms with Gasteiger partial charge in [0.15, 0.2) is 5.69 Å². The van der Waals surface area contributed by atoms with Crippen LogP contribution in [0.25, 0.3) is 0 Å². The maximum absolute atomic E-state index is 11.2. The zero-order valence-corrected chi connectivity index (χ0v) is 10.2. The molecule has 2 N–H and O–H groups in total. The van der Waals surface area contributed by atoms with Crippen molar-refractivity contribution in [1.29, 1.82) is 0 Å². The third-order valence-electron chi connectivity index (χ3n) is 2.92. The van der Waals surface area contributed by atoms with Crippen LogP contribution in [0.2, 0.25) is 0 Å². The summed E-state index contributed by atoms with van der Waals surface area (Å²) in [5, 5.41) is 12.5. The van der Waals surface area contributed by atoms with Gasteiger partial charge >= 0.3 is 5.97 Å². The minimum Gasteiger partial charge on any atom is -0.477 e. The predicted octanol–water partition coefficient (Wildman–Crippen LogP) is 0.986. The highest BCUT2D eigenvalue weighted by Gasteiger charge is 2.21. The molecule has 92 valence electrons. The van der Waals surface area contributed by atoms with Crippen LogP contribution >= 0.6 is 0 Å². The molecule has 2 heterocycles. The second kappa shape index (κ2) is 4.79. The Balaban J connectivity index is 2.55. The number of aromatic carboxylic acids is 1. The summed E-state index contributed by atoms with van der Waals surface area (Å²) in [4.78, 5) is 19.9. The first kappa shape index (κ1) is 12.0. The molecule has 5 nitrogen and oxygen atoms in total. The number of carbonyl (C=O) groups is 1. The number of fused-ring (bicyclic) bond motifs is 1. The molecule has 1 aromatic heterocycles. The lowest BCUT2D eigenvalue weighted by atomic mass is 10.1. The SMILES string of the molecule is CC(C)c1nc2c(c(C(=O)O)n1)CCNCC2. The summed E-state index contributed by atoms with van der Waals surface area (Å²) in [6.07, 6.45) is 1.47. The standard InChI is InChI=1S/C12H17N3O2/c1-7(2)11-14-9-4-6-13-5-3-8(9)10(15-11)12(16)17/h7,13H,3-6H2,1-2H3,(H,16,17). The van der Waals surface area contributed by atoms with Crippen molar-refractivity contribution in [1.82, 2.24) is 15.3 Å². The van der Waals surface area contributed by atoms with E-state index in [-0.39, 0.29) is 11.6 Å². The van der Waals surface area contributed by atoms with Crippen LogP contribution < -0.4 is 5.32 Å². The van der Waals surface area contributed by atoms with Gasteiger partial charge in [-0.3, -0.25) is 0 Å². The Kier molecular flexibility index (Phi) is 3.38. The summed E-state index contributed by atoms with van der Waals surface area (Å²) in [6.45, 7) is 5.59. The third kappa shape index (κ3) is 2.44. The molecule has 1 aromatic rings. The maximum Gasteiger partial charge on any atom is 0.354 e. The van der Waals surface area contributed by atoms with Crippen LogP contribution in [0, 0.1) is 0 Å². The Morgan fingerprint density at radius 2 is 2.00 bits per heavy atom. The van der Waals surface area contributed by atoms with E-state index in [9.17, 15) is 9.90 Å². The average Bonchev–Trinajstić information content (AvgIpc) is 2.51. The predicted molar refractivity (Wildman–Crippen MR) is 63.4 cm³/mol. The van der Waals surface area contributed by atoms with E-state index in [4.69, 9.17) is 0 Å². The molecule has 0 spiro atoms. The molecule has 0 radical (unpaired) electrons.